The zero-order valence-electron chi connectivity index (χ0n) is 15.4. The molecule has 26 heavy (non-hydrogen) atoms. The van der Waals surface area contributed by atoms with E-state index < -0.39 is 10.0 Å². The molecule has 0 aliphatic heterocycles. The third kappa shape index (κ3) is 5.42. The van der Waals surface area contributed by atoms with E-state index in [4.69, 9.17) is 5.73 Å². The molecule has 2 atom stereocenters. The smallest absolute Gasteiger partial charge is 0.252 e. The highest BCUT2D eigenvalue weighted by Gasteiger charge is 2.31. The minimum Gasteiger partial charge on any atom is -0.355 e. The van der Waals surface area contributed by atoms with Gasteiger partial charge >= 0.3 is 0 Å². The van der Waals surface area contributed by atoms with Crippen molar-refractivity contribution in [2.24, 2.45) is 17.6 Å². The predicted octanol–water partition coefficient (Wildman–Crippen LogP) is 2.23. The molecule has 0 bridgehead atoms. The lowest BCUT2D eigenvalue weighted by atomic mass is 9.95. The summed E-state index contributed by atoms with van der Waals surface area (Å²) in [7, 11) is -3.39. The van der Waals surface area contributed by atoms with Crippen molar-refractivity contribution in [2.75, 3.05) is 26.2 Å². The van der Waals surface area contributed by atoms with Crippen molar-refractivity contribution >= 4 is 39.7 Å². The van der Waals surface area contributed by atoms with E-state index in [1.807, 2.05) is 19.9 Å². The van der Waals surface area contributed by atoms with Crippen molar-refractivity contribution in [3.05, 3.63) is 17.0 Å². The first-order valence-corrected chi connectivity index (χ1v) is 11.3. The minimum atomic E-state index is -3.39. The standard InChI is InChI=1S/C17H29N3O3S2.ClH/c1-3-20(4-2)25(22,23)16-9-8-14(24-16)10-11-19-17(21)15-7-5-6-13(15)12-18;/h8-9,13,15H,3-7,10-12,18H2,1-2H3,(H,19,21);1H/t13-,15-;/m1./s1. The molecule has 1 amide bonds. The Labute approximate surface area is 167 Å². The average molecular weight is 424 g/mol. The zero-order chi connectivity index (χ0) is 18.4. The number of nitrogens with zero attached hydrogens (tertiary/aromatic N) is 1. The van der Waals surface area contributed by atoms with Gasteiger partial charge in [0.25, 0.3) is 10.0 Å². The van der Waals surface area contributed by atoms with E-state index in [-0.39, 0.29) is 24.2 Å². The zero-order valence-corrected chi connectivity index (χ0v) is 17.9. The first-order chi connectivity index (χ1) is 11.9. The number of hydrogen-bond acceptors (Lipinski definition) is 5. The van der Waals surface area contributed by atoms with Crippen LogP contribution in [0.2, 0.25) is 0 Å². The number of nitrogens with two attached hydrogens (primary N) is 1. The van der Waals surface area contributed by atoms with Crippen LogP contribution < -0.4 is 11.1 Å². The Morgan fingerprint density at radius 2 is 2.00 bits per heavy atom. The number of nitrogens with one attached hydrogen (secondary N) is 1. The van der Waals surface area contributed by atoms with E-state index in [0.29, 0.717) is 42.7 Å². The van der Waals surface area contributed by atoms with Crippen molar-refractivity contribution < 1.29 is 13.2 Å². The van der Waals surface area contributed by atoms with Crippen molar-refractivity contribution in [2.45, 2.75) is 43.7 Å². The van der Waals surface area contributed by atoms with Gasteiger partial charge in [0.05, 0.1) is 0 Å². The summed E-state index contributed by atoms with van der Waals surface area (Å²) in [5, 5.41) is 2.98. The van der Waals surface area contributed by atoms with Gasteiger partial charge in [0.1, 0.15) is 4.21 Å². The lowest BCUT2D eigenvalue weighted by Crippen LogP contribution is -2.36. The van der Waals surface area contributed by atoms with E-state index in [1.165, 1.54) is 15.6 Å². The van der Waals surface area contributed by atoms with E-state index in [1.54, 1.807) is 6.07 Å². The van der Waals surface area contributed by atoms with E-state index >= 15 is 0 Å². The van der Waals surface area contributed by atoms with Crippen molar-refractivity contribution in [1.82, 2.24) is 9.62 Å². The number of hydrogen-bond donors (Lipinski definition) is 2. The molecule has 1 fully saturated rings. The molecule has 2 rings (SSSR count). The van der Waals surface area contributed by atoms with Crippen LogP contribution in [0.5, 0.6) is 0 Å². The number of halogens is 1. The molecule has 9 heteroatoms. The van der Waals surface area contributed by atoms with Crippen LogP contribution >= 0.6 is 23.7 Å². The van der Waals surface area contributed by atoms with Gasteiger partial charge in [-0.1, -0.05) is 20.3 Å². The molecule has 0 spiro atoms. The molecule has 150 valence electrons. The lowest BCUT2D eigenvalue weighted by molar-refractivity contribution is -0.125. The van der Waals surface area contributed by atoms with Gasteiger partial charge in [0.15, 0.2) is 0 Å². The van der Waals surface area contributed by atoms with Gasteiger partial charge in [0, 0.05) is 30.4 Å². The average Bonchev–Trinajstić information content (AvgIpc) is 3.25. The highest BCUT2D eigenvalue weighted by atomic mass is 35.5. The third-order valence-electron chi connectivity index (χ3n) is 4.91. The first-order valence-electron chi connectivity index (χ1n) is 9.00. The largest absolute Gasteiger partial charge is 0.355 e. The summed E-state index contributed by atoms with van der Waals surface area (Å²) >= 11 is 1.29. The first kappa shape index (κ1) is 23.4. The summed E-state index contributed by atoms with van der Waals surface area (Å²) in [4.78, 5) is 13.2. The van der Waals surface area contributed by atoms with Crippen molar-refractivity contribution in [3.8, 4) is 0 Å². The Bertz CT molecular complexity index is 675. The monoisotopic (exact) mass is 423 g/mol. The molecule has 0 radical (unpaired) electrons. The summed E-state index contributed by atoms with van der Waals surface area (Å²) in [5.41, 5.74) is 5.73. The molecular weight excluding hydrogens is 394 g/mol. The second-order valence-corrected chi connectivity index (χ2v) is 9.72. The molecule has 1 aliphatic rings. The molecule has 0 aromatic carbocycles. The van der Waals surface area contributed by atoms with E-state index in [9.17, 15) is 13.2 Å². The van der Waals surface area contributed by atoms with Gasteiger partial charge in [-0.2, -0.15) is 4.31 Å². The summed E-state index contributed by atoms with van der Waals surface area (Å²) in [6.45, 7) is 5.69. The van der Waals surface area contributed by atoms with Crippen LogP contribution in [0.4, 0.5) is 0 Å². The summed E-state index contributed by atoms with van der Waals surface area (Å²) in [5.74, 6) is 0.417. The van der Waals surface area contributed by atoms with Gasteiger partial charge in [-0.25, -0.2) is 8.42 Å². The van der Waals surface area contributed by atoms with Crippen LogP contribution in [0, 0.1) is 11.8 Å². The van der Waals surface area contributed by atoms with Crippen LogP contribution in [0.15, 0.2) is 16.3 Å². The van der Waals surface area contributed by atoms with Crippen LogP contribution in [0.1, 0.15) is 38.0 Å². The van der Waals surface area contributed by atoms with Gasteiger partial charge < -0.3 is 11.1 Å². The molecule has 6 nitrogen and oxygen atoms in total. The molecule has 1 heterocycles. The Kier molecular flexibility index (Phi) is 9.54. The maximum absolute atomic E-state index is 12.5. The quantitative estimate of drug-likeness (QED) is 0.637. The van der Waals surface area contributed by atoms with Crippen molar-refractivity contribution in [3.63, 3.8) is 0 Å². The molecule has 1 saturated carbocycles. The molecule has 0 unspecified atom stereocenters. The lowest BCUT2D eigenvalue weighted by Gasteiger charge is -2.17. The highest BCUT2D eigenvalue weighted by molar-refractivity contribution is 7.91. The SMILES string of the molecule is CCN(CC)S(=O)(=O)c1ccc(CCNC(=O)[C@@H]2CCC[C@@H]2CN)s1.Cl. The number of amides is 1. The van der Waals surface area contributed by atoms with E-state index in [0.717, 1.165) is 24.1 Å². The second kappa shape index (κ2) is 10.6. The molecule has 3 N–H and O–H groups in total. The third-order valence-corrected chi connectivity index (χ3v) is 8.57. The van der Waals surface area contributed by atoms with Crippen LogP contribution in [0.3, 0.4) is 0 Å². The number of carbonyl (C=O) groups is 1. The fourth-order valence-corrected chi connectivity index (χ4v) is 6.39. The van der Waals surface area contributed by atoms with Crippen LogP contribution in [-0.2, 0) is 21.2 Å². The summed E-state index contributed by atoms with van der Waals surface area (Å²) in [6.07, 6.45) is 3.66. The molecule has 1 aliphatic carbocycles. The Hall–Kier alpha value is -0.670. The van der Waals surface area contributed by atoms with Gasteiger partial charge in [-0.05, 0) is 43.9 Å². The second-order valence-electron chi connectivity index (χ2n) is 6.38. The van der Waals surface area contributed by atoms with Crippen molar-refractivity contribution in [1.29, 1.82) is 0 Å². The Morgan fingerprint density at radius 3 is 2.62 bits per heavy atom. The minimum absolute atomic E-state index is 0. The predicted molar refractivity (Wildman–Crippen MR) is 108 cm³/mol. The normalized spacial score (nSPS) is 20.2. The van der Waals surface area contributed by atoms with Gasteiger partial charge in [0.2, 0.25) is 5.91 Å². The Balaban J connectivity index is 0.00000338. The fraction of sp³-hybridized carbons (Fsp3) is 0.706. The van der Waals surface area contributed by atoms with Gasteiger partial charge in [-0.15, -0.1) is 23.7 Å². The van der Waals surface area contributed by atoms with Gasteiger partial charge in [-0.3, -0.25) is 4.79 Å². The molecular formula is C17H30ClN3O3S2. The number of sulfonamides is 1. The summed E-state index contributed by atoms with van der Waals surface area (Å²) < 4.78 is 26.8. The van der Waals surface area contributed by atoms with E-state index in [2.05, 4.69) is 5.32 Å². The number of thiophene rings is 1. The maximum atomic E-state index is 12.5. The number of rotatable bonds is 9. The maximum Gasteiger partial charge on any atom is 0.252 e. The van der Waals surface area contributed by atoms with Crippen LogP contribution in [0.25, 0.3) is 0 Å². The number of carbonyl (C=O) groups excluding carboxylic acids is 1. The highest BCUT2D eigenvalue weighted by Crippen LogP contribution is 2.31. The van der Waals surface area contributed by atoms with Crippen LogP contribution in [-0.4, -0.2) is 44.8 Å². The Morgan fingerprint density at radius 1 is 1.31 bits per heavy atom. The molecule has 1 aromatic rings. The molecule has 0 saturated heterocycles. The molecule has 1 aromatic heterocycles. The topological polar surface area (TPSA) is 92.5 Å². The summed E-state index contributed by atoms with van der Waals surface area (Å²) in [6, 6.07) is 3.50. The fourth-order valence-electron chi connectivity index (χ4n) is 3.43.